The molecule has 0 atom stereocenters. The molecule has 1 heterocycles. The molecule has 0 radical (unpaired) electrons. The van der Waals surface area contributed by atoms with Crippen LogP contribution in [0.3, 0.4) is 0 Å². The van der Waals surface area contributed by atoms with E-state index in [1.54, 1.807) is 11.0 Å². The highest BCUT2D eigenvalue weighted by atomic mass is 35.5. The first-order valence-corrected chi connectivity index (χ1v) is 6.67. The monoisotopic (exact) mass is 283 g/mol. The van der Waals surface area contributed by atoms with Crippen molar-refractivity contribution in [1.82, 2.24) is 15.5 Å². The summed E-state index contributed by atoms with van der Waals surface area (Å²) in [6, 6.07) is 5.53. The Bertz CT molecular complexity index is 454. The van der Waals surface area contributed by atoms with Crippen LogP contribution in [-0.2, 0) is 6.54 Å². The van der Waals surface area contributed by atoms with Crippen molar-refractivity contribution in [3.8, 4) is 5.75 Å². The summed E-state index contributed by atoms with van der Waals surface area (Å²) in [6.07, 6.45) is 0. The van der Waals surface area contributed by atoms with Crippen LogP contribution in [0, 0.1) is 0 Å². The van der Waals surface area contributed by atoms with Crippen molar-refractivity contribution in [2.75, 3.05) is 33.3 Å². The summed E-state index contributed by atoms with van der Waals surface area (Å²) in [6.45, 7) is 3.22. The zero-order valence-electron chi connectivity index (χ0n) is 10.9. The lowest BCUT2D eigenvalue weighted by molar-refractivity contribution is 0.202. The lowest BCUT2D eigenvalue weighted by Crippen LogP contribution is -2.32. The number of halogens is 1. The molecule has 0 unspecified atom stereocenters. The van der Waals surface area contributed by atoms with Gasteiger partial charge >= 0.3 is 6.03 Å². The van der Waals surface area contributed by atoms with E-state index in [0.717, 1.165) is 17.9 Å². The Kier molecular flexibility index (Phi) is 4.87. The van der Waals surface area contributed by atoms with Crippen molar-refractivity contribution < 1.29 is 9.53 Å². The number of hydrogen-bond acceptors (Lipinski definition) is 3. The first-order chi connectivity index (χ1) is 9.20. The van der Waals surface area contributed by atoms with Crippen LogP contribution < -0.4 is 15.4 Å². The maximum atomic E-state index is 11.4. The fraction of sp³-hybridized carbons (Fsp3) is 0.462. The fourth-order valence-electron chi connectivity index (χ4n) is 2.01. The number of nitrogens with one attached hydrogen (secondary N) is 2. The third-order valence-electron chi connectivity index (χ3n) is 2.95. The lowest BCUT2D eigenvalue weighted by atomic mass is 10.2. The highest BCUT2D eigenvalue weighted by Gasteiger charge is 2.18. The van der Waals surface area contributed by atoms with E-state index in [0.29, 0.717) is 31.3 Å². The minimum Gasteiger partial charge on any atom is -0.491 e. The fourth-order valence-corrected chi connectivity index (χ4v) is 2.20. The summed E-state index contributed by atoms with van der Waals surface area (Å²) in [7, 11) is 1.87. The van der Waals surface area contributed by atoms with Gasteiger partial charge in [-0.1, -0.05) is 11.6 Å². The molecule has 1 fully saturated rings. The van der Waals surface area contributed by atoms with E-state index in [-0.39, 0.29) is 6.03 Å². The summed E-state index contributed by atoms with van der Waals surface area (Å²) in [5, 5.41) is 6.53. The molecule has 0 spiro atoms. The molecular formula is C13H18ClN3O2. The van der Waals surface area contributed by atoms with E-state index in [9.17, 15) is 4.79 Å². The Hall–Kier alpha value is -1.46. The Labute approximate surface area is 117 Å². The molecule has 0 saturated carbocycles. The van der Waals surface area contributed by atoms with Crippen molar-refractivity contribution in [3.63, 3.8) is 0 Å². The highest BCUT2D eigenvalue weighted by molar-refractivity contribution is 6.30. The molecular weight excluding hydrogens is 266 g/mol. The Balaban J connectivity index is 1.89. The topological polar surface area (TPSA) is 53.6 Å². The van der Waals surface area contributed by atoms with Crippen molar-refractivity contribution in [1.29, 1.82) is 0 Å². The largest absolute Gasteiger partial charge is 0.491 e. The number of carbonyl (C=O) groups excluding carboxylic acids is 1. The average Bonchev–Trinajstić information content (AvgIpc) is 2.78. The molecule has 1 aromatic rings. The van der Waals surface area contributed by atoms with E-state index >= 15 is 0 Å². The van der Waals surface area contributed by atoms with Crippen molar-refractivity contribution in [2.45, 2.75) is 6.54 Å². The number of benzene rings is 1. The molecule has 2 rings (SSSR count). The minimum atomic E-state index is -0.0184. The van der Waals surface area contributed by atoms with Crippen LogP contribution in [-0.4, -0.2) is 44.2 Å². The van der Waals surface area contributed by atoms with Gasteiger partial charge in [0.15, 0.2) is 0 Å². The van der Waals surface area contributed by atoms with Gasteiger partial charge in [0.2, 0.25) is 0 Å². The van der Waals surface area contributed by atoms with Crippen LogP contribution >= 0.6 is 11.6 Å². The number of rotatable bonds is 6. The molecule has 5 nitrogen and oxygen atoms in total. The zero-order chi connectivity index (χ0) is 13.7. The number of carbonyl (C=O) groups is 1. The number of amides is 2. The first-order valence-electron chi connectivity index (χ1n) is 6.29. The van der Waals surface area contributed by atoms with Crippen molar-refractivity contribution in [2.24, 2.45) is 0 Å². The van der Waals surface area contributed by atoms with Crippen LogP contribution in [0.1, 0.15) is 5.56 Å². The van der Waals surface area contributed by atoms with Crippen LogP contribution in [0.5, 0.6) is 5.75 Å². The van der Waals surface area contributed by atoms with Gasteiger partial charge < -0.3 is 20.3 Å². The van der Waals surface area contributed by atoms with Gasteiger partial charge in [-0.2, -0.15) is 0 Å². The normalized spacial score (nSPS) is 14.6. The van der Waals surface area contributed by atoms with Crippen molar-refractivity contribution in [3.05, 3.63) is 28.8 Å². The third-order valence-corrected chi connectivity index (χ3v) is 3.19. The maximum absolute atomic E-state index is 11.4. The zero-order valence-corrected chi connectivity index (χ0v) is 11.7. The van der Waals surface area contributed by atoms with Gasteiger partial charge in [-0.3, -0.25) is 0 Å². The second kappa shape index (κ2) is 6.63. The van der Waals surface area contributed by atoms with Crippen molar-refractivity contribution >= 4 is 17.6 Å². The molecule has 2 N–H and O–H groups in total. The van der Waals surface area contributed by atoms with Crippen LogP contribution in [0.25, 0.3) is 0 Å². The Morgan fingerprint density at radius 2 is 2.37 bits per heavy atom. The van der Waals surface area contributed by atoms with Gasteiger partial charge in [-0.25, -0.2) is 4.79 Å². The first kappa shape index (κ1) is 14.0. The Morgan fingerprint density at radius 3 is 3.05 bits per heavy atom. The average molecular weight is 284 g/mol. The quantitative estimate of drug-likeness (QED) is 0.831. The lowest BCUT2D eigenvalue weighted by Gasteiger charge is -2.16. The van der Waals surface area contributed by atoms with Crippen LogP contribution in [0.2, 0.25) is 5.02 Å². The van der Waals surface area contributed by atoms with Gasteiger partial charge in [-0.15, -0.1) is 0 Å². The molecule has 1 saturated heterocycles. The number of hydrogen-bond donors (Lipinski definition) is 2. The summed E-state index contributed by atoms with van der Waals surface area (Å²) < 4.78 is 5.73. The predicted molar refractivity (Wildman–Crippen MR) is 74.7 cm³/mol. The SMILES string of the molecule is CNCc1cc(Cl)ccc1OCCN1CCNC1=O. The predicted octanol–water partition coefficient (Wildman–Crippen LogP) is 1.46. The molecule has 0 bridgehead atoms. The van der Waals surface area contributed by atoms with Gasteiger partial charge in [-0.05, 0) is 25.2 Å². The van der Waals surface area contributed by atoms with E-state index in [4.69, 9.17) is 16.3 Å². The molecule has 104 valence electrons. The molecule has 6 heteroatoms. The number of ether oxygens (including phenoxy) is 1. The Morgan fingerprint density at radius 1 is 1.53 bits per heavy atom. The van der Waals surface area contributed by atoms with Gasteiger partial charge in [0.1, 0.15) is 12.4 Å². The smallest absolute Gasteiger partial charge is 0.317 e. The second-order valence-corrected chi connectivity index (χ2v) is 4.79. The molecule has 19 heavy (non-hydrogen) atoms. The van der Waals surface area contributed by atoms with Gasteiger partial charge in [0.05, 0.1) is 6.54 Å². The molecule has 0 aliphatic carbocycles. The van der Waals surface area contributed by atoms with E-state index in [2.05, 4.69) is 10.6 Å². The molecule has 0 aromatic heterocycles. The van der Waals surface area contributed by atoms with Gasteiger partial charge in [0.25, 0.3) is 0 Å². The summed E-state index contributed by atoms with van der Waals surface area (Å²) in [5.41, 5.74) is 1.01. The summed E-state index contributed by atoms with van der Waals surface area (Å²) in [4.78, 5) is 13.1. The van der Waals surface area contributed by atoms with E-state index in [1.807, 2.05) is 19.2 Å². The third kappa shape index (κ3) is 3.75. The highest BCUT2D eigenvalue weighted by Crippen LogP contribution is 2.22. The van der Waals surface area contributed by atoms with Crippen LogP contribution in [0.4, 0.5) is 4.79 Å². The van der Waals surface area contributed by atoms with Crippen LogP contribution in [0.15, 0.2) is 18.2 Å². The van der Waals surface area contributed by atoms with Gasteiger partial charge in [0, 0.05) is 30.2 Å². The summed E-state index contributed by atoms with van der Waals surface area (Å²) in [5.74, 6) is 0.804. The van der Waals surface area contributed by atoms with E-state index < -0.39 is 0 Å². The number of urea groups is 1. The second-order valence-electron chi connectivity index (χ2n) is 4.35. The summed E-state index contributed by atoms with van der Waals surface area (Å²) >= 11 is 5.96. The molecule has 1 aliphatic rings. The minimum absolute atomic E-state index is 0.0184. The van der Waals surface area contributed by atoms with E-state index in [1.165, 1.54) is 0 Å². The molecule has 2 amide bonds. The molecule has 1 aliphatic heterocycles. The maximum Gasteiger partial charge on any atom is 0.317 e. The number of nitrogens with zero attached hydrogens (tertiary/aromatic N) is 1. The molecule has 1 aromatic carbocycles. The standard InChI is InChI=1S/C13H18ClN3O2/c1-15-9-10-8-11(14)2-3-12(10)19-7-6-17-5-4-16-13(17)18/h2-3,8,15H,4-7,9H2,1H3,(H,16,18).